The molecule has 5 nitrogen and oxygen atoms in total. The van der Waals surface area contributed by atoms with Crippen molar-refractivity contribution in [3.05, 3.63) is 33.5 Å². The summed E-state index contributed by atoms with van der Waals surface area (Å²) in [6.07, 6.45) is 1.40. The third-order valence-electron chi connectivity index (χ3n) is 3.77. The SMILES string of the molecule is Cc1csc(NC(=O)C2CCN(C(=O)c3ccsc3)CC2)n1. The Bertz CT molecular complexity index is 658. The molecule has 1 fully saturated rings. The number of aryl methyl sites for hydroxylation is 1. The summed E-state index contributed by atoms with van der Waals surface area (Å²) in [5.74, 6) is 0.0309. The van der Waals surface area contributed by atoms with Gasteiger partial charge in [0.1, 0.15) is 0 Å². The van der Waals surface area contributed by atoms with Crippen molar-refractivity contribution < 1.29 is 9.59 Å². The summed E-state index contributed by atoms with van der Waals surface area (Å²) in [5.41, 5.74) is 1.66. The fraction of sp³-hybridized carbons (Fsp3) is 0.400. The second kappa shape index (κ2) is 6.58. The topological polar surface area (TPSA) is 62.3 Å². The number of rotatable bonds is 3. The molecule has 1 aliphatic rings. The van der Waals surface area contributed by atoms with Crippen LogP contribution in [-0.2, 0) is 4.79 Å². The van der Waals surface area contributed by atoms with Gasteiger partial charge in [0, 0.05) is 29.8 Å². The summed E-state index contributed by atoms with van der Waals surface area (Å²) in [6.45, 7) is 3.16. The predicted molar refractivity (Wildman–Crippen MR) is 88.4 cm³/mol. The highest BCUT2D eigenvalue weighted by atomic mass is 32.1. The van der Waals surface area contributed by atoms with Crippen LogP contribution in [-0.4, -0.2) is 34.8 Å². The molecule has 0 aliphatic carbocycles. The maximum absolute atomic E-state index is 12.3. The Morgan fingerprint density at radius 1 is 1.32 bits per heavy atom. The lowest BCUT2D eigenvalue weighted by Gasteiger charge is -2.31. The fourth-order valence-electron chi connectivity index (χ4n) is 2.53. The molecule has 2 amide bonds. The lowest BCUT2D eigenvalue weighted by Crippen LogP contribution is -2.41. The number of carbonyl (C=O) groups excluding carboxylic acids is 2. The van der Waals surface area contributed by atoms with Gasteiger partial charge in [0.05, 0.1) is 11.3 Å². The van der Waals surface area contributed by atoms with Crippen LogP contribution >= 0.6 is 22.7 Å². The van der Waals surface area contributed by atoms with Gasteiger partial charge in [-0.15, -0.1) is 11.3 Å². The van der Waals surface area contributed by atoms with Crippen LogP contribution in [0.4, 0.5) is 5.13 Å². The molecule has 0 spiro atoms. The van der Waals surface area contributed by atoms with E-state index in [4.69, 9.17) is 0 Å². The van der Waals surface area contributed by atoms with Crippen molar-refractivity contribution in [1.82, 2.24) is 9.88 Å². The van der Waals surface area contributed by atoms with Gasteiger partial charge in [0.2, 0.25) is 5.91 Å². The second-order valence-electron chi connectivity index (χ2n) is 5.36. The van der Waals surface area contributed by atoms with Crippen molar-refractivity contribution in [3.63, 3.8) is 0 Å². The minimum Gasteiger partial charge on any atom is -0.339 e. The van der Waals surface area contributed by atoms with E-state index < -0.39 is 0 Å². The number of piperidine rings is 1. The molecule has 1 aliphatic heterocycles. The molecule has 22 heavy (non-hydrogen) atoms. The monoisotopic (exact) mass is 335 g/mol. The molecule has 0 radical (unpaired) electrons. The van der Waals surface area contributed by atoms with E-state index in [-0.39, 0.29) is 17.7 Å². The Balaban J connectivity index is 1.53. The van der Waals surface area contributed by atoms with Gasteiger partial charge in [-0.3, -0.25) is 9.59 Å². The van der Waals surface area contributed by atoms with Gasteiger partial charge in [-0.2, -0.15) is 11.3 Å². The van der Waals surface area contributed by atoms with Gasteiger partial charge in [-0.25, -0.2) is 4.98 Å². The number of carbonyl (C=O) groups is 2. The van der Waals surface area contributed by atoms with Gasteiger partial charge in [-0.1, -0.05) is 0 Å². The number of thiazole rings is 1. The lowest BCUT2D eigenvalue weighted by molar-refractivity contribution is -0.121. The molecule has 0 bridgehead atoms. The van der Waals surface area contributed by atoms with Crippen molar-refractivity contribution in [1.29, 1.82) is 0 Å². The Kier molecular flexibility index (Phi) is 4.54. The molecule has 3 heterocycles. The van der Waals surface area contributed by atoms with Gasteiger partial charge < -0.3 is 10.2 Å². The summed E-state index contributed by atoms with van der Waals surface area (Å²) in [7, 11) is 0. The van der Waals surface area contributed by atoms with Gasteiger partial charge in [-0.05, 0) is 31.2 Å². The molecule has 0 unspecified atom stereocenters. The maximum Gasteiger partial charge on any atom is 0.254 e. The van der Waals surface area contributed by atoms with E-state index in [1.54, 1.807) is 0 Å². The van der Waals surface area contributed by atoms with E-state index in [2.05, 4.69) is 10.3 Å². The molecule has 3 rings (SSSR count). The number of thiophene rings is 1. The molecule has 7 heteroatoms. The van der Waals surface area contributed by atoms with Crippen LogP contribution in [0.25, 0.3) is 0 Å². The van der Waals surface area contributed by atoms with Crippen LogP contribution in [0.3, 0.4) is 0 Å². The van der Waals surface area contributed by atoms with Crippen molar-refractivity contribution in [3.8, 4) is 0 Å². The Morgan fingerprint density at radius 3 is 2.68 bits per heavy atom. The second-order valence-corrected chi connectivity index (χ2v) is 7.00. The lowest BCUT2D eigenvalue weighted by atomic mass is 9.95. The highest BCUT2D eigenvalue weighted by molar-refractivity contribution is 7.13. The highest BCUT2D eigenvalue weighted by Gasteiger charge is 2.28. The van der Waals surface area contributed by atoms with Crippen LogP contribution < -0.4 is 5.32 Å². The van der Waals surface area contributed by atoms with E-state index >= 15 is 0 Å². The van der Waals surface area contributed by atoms with Crippen LogP contribution in [0.15, 0.2) is 22.2 Å². The first-order valence-corrected chi connectivity index (χ1v) is 9.00. The molecule has 0 saturated carbocycles. The zero-order valence-electron chi connectivity index (χ0n) is 12.2. The van der Waals surface area contributed by atoms with E-state index in [0.29, 0.717) is 31.1 Å². The van der Waals surface area contributed by atoms with Crippen LogP contribution in [0, 0.1) is 12.8 Å². The zero-order chi connectivity index (χ0) is 15.5. The first-order chi connectivity index (χ1) is 10.6. The van der Waals surface area contributed by atoms with E-state index in [1.807, 2.05) is 34.0 Å². The number of anilines is 1. The molecule has 0 aromatic carbocycles. The fourth-order valence-corrected chi connectivity index (χ4v) is 3.85. The molecule has 1 N–H and O–H groups in total. The molecule has 2 aromatic heterocycles. The van der Waals surface area contributed by atoms with Crippen molar-refractivity contribution in [2.45, 2.75) is 19.8 Å². The molecule has 0 atom stereocenters. The summed E-state index contributed by atoms with van der Waals surface area (Å²) in [6, 6.07) is 1.84. The highest BCUT2D eigenvalue weighted by Crippen LogP contribution is 2.22. The van der Waals surface area contributed by atoms with Crippen LogP contribution in [0.1, 0.15) is 28.9 Å². The number of amides is 2. The smallest absolute Gasteiger partial charge is 0.254 e. The molecular formula is C15H17N3O2S2. The molecule has 2 aromatic rings. The van der Waals surface area contributed by atoms with Crippen LogP contribution in [0.2, 0.25) is 0 Å². The third kappa shape index (κ3) is 3.36. The number of hydrogen-bond acceptors (Lipinski definition) is 5. The first kappa shape index (κ1) is 15.2. The van der Waals surface area contributed by atoms with Gasteiger partial charge in [0.15, 0.2) is 5.13 Å². The summed E-state index contributed by atoms with van der Waals surface area (Å²) in [5, 5.41) is 9.21. The summed E-state index contributed by atoms with van der Waals surface area (Å²) in [4.78, 5) is 30.6. The Hall–Kier alpha value is -1.73. The quantitative estimate of drug-likeness (QED) is 0.938. The van der Waals surface area contributed by atoms with Crippen LogP contribution in [0.5, 0.6) is 0 Å². The normalized spacial score (nSPS) is 15.8. The van der Waals surface area contributed by atoms with Crippen molar-refractivity contribution >= 4 is 39.6 Å². The van der Waals surface area contributed by atoms with E-state index in [9.17, 15) is 9.59 Å². The zero-order valence-corrected chi connectivity index (χ0v) is 13.9. The average Bonchev–Trinajstić information content (AvgIpc) is 3.18. The molecular weight excluding hydrogens is 318 g/mol. The Labute approximate surface area is 137 Å². The van der Waals surface area contributed by atoms with Gasteiger partial charge >= 0.3 is 0 Å². The van der Waals surface area contributed by atoms with E-state index in [1.165, 1.54) is 22.7 Å². The number of nitrogens with one attached hydrogen (secondary N) is 1. The number of nitrogens with zero attached hydrogens (tertiary/aromatic N) is 2. The number of aromatic nitrogens is 1. The van der Waals surface area contributed by atoms with E-state index in [0.717, 1.165) is 11.3 Å². The molecule has 1 saturated heterocycles. The summed E-state index contributed by atoms with van der Waals surface area (Å²) >= 11 is 2.96. The Morgan fingerprint density at radius 2 is 2.09 bits per heavy atom. The first-order valence-electron chi connectivity index (χ1n) is 7.18. The predicted octanol–water partition coefficient (Wildman–Crippen LogP) is 3.00. The minimum absolute atomic E-state index is 0.0111. The maximum atomic E-state index is 12.3. The average molecular weight is 335 g/mol. The minimum atomic E-state index is -0.0456. The number of likely N-dealkylation sites (tertiary alicyclic amines) is 1. The largest absolute Gasteiger partial charge is 0.339 e. The van der Waals surface area contributed by atoms with Gasteiger partial charge in [0.25, 0.3) is 5.91 Å². The van der Waals surface area contributed by atoms with Crippen molar-refractivity contribution in [2.75, 3.05) is 18.4 Å². The van der Waals surface area contributed by atoms with Crippen molar-refractivity contribution in [2.24, 2.45) is 5.92 Å². The third-order valence-corrected chi connectivity index (χ3v) is 5.33. The standard InChI is InChI=1S/C15H17N3O2S2/c1-10-8-22-15(16-10)17-13(19)11-2-5-18(6-3-11)14(20)12-4-7-21-9-12/h4,7-9,11H,2-3,5-6H2,1H3,(H,16,17,19). The summed E-state index contributed by atoms with van der Waals surface area (Å²) < 4.78 is 0. The molecule has 116 valence electrons. The number of hydrogen-bond donors (Lipinski definition) is 1.